The summed E-state index contributed by atoms with van der Waals surface area (Å²) in [5, 5.41) is 7.63. The topological polar surface area (TPSA) is 3.24 Å². The molecule has 0 atom stereocenters. The first kappa shape index (κ1) is 32.0. The van der Waals surface area contributed by atoms with Crippen molar-refractivity contribution in [2.45, 2.75) is 19.3 Å². The molecule has 0 saturated carbocycles. The van der Waals surface area contributed by atoms with Gasteiger partial charge in [0.25, 0.3) is 0 Å². The largest absolute Gasteiger partial charge is 0.310 e. The molecule has 260 valence electrons. The van der Waals surface area contributed by atoms with Crippen LogP contribution in [0.3, 0.4) is 0 Å². The van der Waals surface area contributed by atoms with Gasteiger partial charge in [-0.2, -0.15) is 0 Å². The third-order valence-electron chi connectivity index (χ3n) is 11.9. The van der Waals surface area contributed by atoms with Crippen molar-refractivity contribution in [3.05, 3.63) is 199 Å². The number of rotatable bonds is 5. The molecule has 55 heavy (non-hydrogen) atoms. The Bertz CT molecular complexity index is 3130. The first-order valence-corrected chi connectivity index (χ1v) is 19.9. The molecule has 0 radical (unpaired) electrons. The maximum absolute atomic E-state index is 2.52. The molecule has 0 spiro atoms. The molecule has 0 unspecified atom stereocenters. The number of benzene rings is 9. The Morgan fingerprint density at radius 1 is 0.400 bits per heavy atom. The van der Waals surface area contributed by atoms with Gasteiger partial charge in [0, 0.05) is 42.5 Å². The summed E-state index contributed by atoms with van der Waals surface area (Å²) in [6.07, 6.45) is 0. The maximum Gasteiger partial charge on any atom is 0.0546 e. The van der Waals surface area contributed by atoms with E-state index in [1.165, 1.54) is 86.2 Å². The first-order valence-electron chi connectivity index (χ1n) is 19.1. The van der Waals surface area contributed by atoms with Crippen LogP contribution >= 0.6 is 11.3 Å². The van der Waals surface area contributed by atoms with Gasteiger partial charge in [0.05, 0.1) is 5.69 Å². The number of nitrogens with zero attached hydrogens (tertiary/aromatic N) is 1. The minimum absolute atomic E-state index is 0.133. The predicted octanol–water partition coefficient (Wildman–Crippen LogP) is 15.5. The summed E-state index contributed by atoms with van der Waals surface area (Å²) in [5.41, 5.74) is 13.6. The van der Waals surface area contributed by atoms with Gasteiger partial charge in [-0.3, -0.25) is 0 Å². The lowest BCUT2D eigenvalue weighted by atomic mass is 9.82. The van der Waals surface area contributed by atoms with Crippen molar-refractivity contribution in [2.24, 2.45) is 0 Å². The highest BCUT2D eigenvalue weighted by molar-refractivity contribution is 7.25. The monoisotopic (exact) mass is 719 g/mol. The van der Waals surface area contributed by atoms with E-state index in [1.807, 2.05) is 11.3 Å². The van der Waals surface area contributed by atoms with Crippen LogP contribution in [0.5, 0.6) is 0 Å². The molecular weight excluding hydrogens is 683 g/mol. The number of anilines is 3. The molecule has 2 heteroatoms. The van der Waals surface area contributed by atoms with E-state index in [1.54, 1.807) is 0 Å². The van der Waals surface area contributed by atoms with Crippen LogP contribution in [-0.2, 0) is 5.41 Å². The fraction of sp³-hybridized carbons (Fsp3) is 0.0566. The van der Waals surface area contributed by atoms with Crippen molar-refractivity contribution in [2.75, 3.05) is 4.90 Å². The van der Waals surface area contributed by atoms with Crippen molar-refractivity contribution in [3.8, 4) is 33.4 Å². The van der Waals surface area contributed by atoms with E-state index in [9.17, 15) is 0 Å². The molecule has 0 fully saturated rings. The molecule has 1 aliphatic carbocycles. The summed E-state index contributed by atoms with van der Waals surface area (Å²) in [4.78, 5) is 2.52. The van der Waals surface area contributed by atoms with Crippen LogP contribution in [0.4, 0.5) is 17.1 Å². The average Bonchev–Trinajstić information content (AvgIpc) is 3.72. The van der Waals surface area contributed by atoms with Crippen molar-refractivity contribution >= 4 is 70.1 Å². The van der Waals surface area contributed by atoms with Crippen LogP contribution < -0.4 is 4.90 Å². The normalized spacial score (nSPS) is 13.1. The van der Waals surface area contributed by atoms with Gasteiger partial charge in [-0.05, 0) is 103 Å². The number of fused-ring (bicyclic) bond motifs is 9. The fourth-order valence-corrected chi connectivity index (χ4v) is 10.4. The van der Waals surface area contributed by atoms with E-state index in [4.69, 9.17) is 0 Å². The molecule has 0 N–H and O–H groups in total. The molecule has 11 rings (SSSR count). The molecule has 0 saturated heterocycles. The molecule has 0 bridgehead atoms. The van der Waals surface area contributed by atoms with Crippen molar-refractivity contribution < 1.29 is 0 Å². The van der Waals surface area contributed by atoms with E-state index in [-0.39, 0.29) is 5.41 Å². The molecule has 1 aliphatic rings. The van der Waals surface area contributed by atoms with E-state index >= 15 is 0 Å². The van der Waals surface area contributed by atoms with Crippen molar-refractivity contribution in [1.29, 1.82) is 0 Å². The summed E-state index contributed by atoms with van der Waals surface area (Å²) in [6.45, 7) is 4.75. The second-order valence-electron chi connectivity index (χ2n) is 15.3. The summed E-state index contributed by atoms with van der Waals surface area (Å²) in [6, 6.07) is 69.8. The Kier molecular flexibility index (Phi) is 7.14. The number of hydrogen-bond acceptors (Lipinski definition) is 2. The number of thiophene rings is 1. The highest BCUT2D eigenvalue weighted by Gasteiger charge is 2.36. The van der Waals surface area contributed by atoms with Crippen LogP contribution in [0.25, 0.3) is 75.1 Å². The Morgan fingerprint density at radius 3 is 1.91 bits per heavy atom. The van der Waals surface area contributed by atoms with Crippen molar-refractivity contribution in [3.63, 3.8) is 0 Å². The van der Waals surface area contributed by atoms with E-state index in [0.29, 0.717) is 0 Å². The Labute approximate surface area is 325 Å². The highest BCUT2D eigenvalue weighted by Crippen LogP contribution is 2.53. The third kappa shape index (κ3) is 4.92. The van der Waals surface area contributed by atoms with Gasteiger partial charge in [-0.15, -0.1) is 11.3 Å². The van der Waals surface area contributed by atoms with Gasteiger partial charge >= 0.3 is 0 Å². The SMILES string of the molecule is CC1(C)c2ccccc2-c2ccc(N(c3ccc4c(c3)sc3ccccc34)c3cccc(-c4ccccc4)c3-c3cc4ccccc4c4ccccc34)cc21. The van der Waals surface area contributed by atoms with Crippen LogP contribution in [0.2, 0.25) is 0 Å². The van der Waals surface area contributed by atoms with Gasteiger partial charge in [-0.1, -0.05) is 159 Å². The smallest absolute Gasteiger partial charge is 0.0546 e. The fourth-order valence-electron chi connectivity index (χ4n) is 9.24. The Hall–Kier alpha value is -6.48. The lowest BCUT2D eigenvalue weighted by Gasteiger charge is -2.31. The van der Waals surface area contributed by atoms with E-state index in [2.05, 4.69) is 207 Å². The molecule has 0 aliphatic heterocycles. The summed E-state index contributed by atoms with van der Waals surface area (Å²) in [7, 11) is 0. The average molecular weight is 720 g/mol. The zero-order valence-corrected chi connectivity index (χ0v) is 31.6. The highest BCUT2D eigenvalue weighted by atomic mass is 32.1. The zero-order valence-electron chi connectivity index (χ0n) is 30.8. The lowest BCUT2D eigenvalue weighted by molar-refractivity contribution is 0.660. The Morgan fingerprint density at radius 2 is 1.04 bits per heavy atom. The predicted molar refractivity (Wildman–Crippen MR) is 237 cm³/mol. The second kappa shape index (κ2) is 12.3. The van der Waals surface area contributed by atoms with Gasteiger partial charge < -0.3 is 4.90 Å². The molecule has 0 amide bonds. The van der Waals surface area contributed by atoms with Gasteiger partial charge in [0.1, 0.15) is 0 Å². The molecule has 1 aromatic heterocycles. The minimum Gasteiger partial charge on any atom is -0.310 e. The van der Waals surface area contributed by atoms with Gasteiger partial charge in [-0.25, -0.2) is 0 Å². The van der Waals surface area contributed by atoms with E-state index < -0.39 is 0 Å². The Balaban J connectivity index is 1.24. The first-order chi connectivity index (χ1) is 27.0. The molecule has 1 heterocycles. The lowest BCUT2D eigenvalue weighted by Crippen LogP contribution is -2.17. The quantitative estimate of drug-likeness (QED) is 0.160. The number of hydrogen-bond donors (Lipinski definition) is 0. The maximum atomic E-state index is 2.52. The van der Waals surface area contributed by atoms with Crippen molar-refractivity contribution in [1.82, 2.24) is 0 Å². The molecule has 9 aromatic carbocycles. The minimum atomic E-state index is -0.133. The van der Waals surface area contributed by atoms with Crippen LogP contribution in [0.1, 0.15) is 25.0 Å². The summed E-state index contributed by atoms with van der Waals surface area (Å²) >= 11 is 1.87. The zero-order chi connectivity index (χ0) is 36.7. The van der Waals surface area contributed by atoms with Gasteiger partial charge in [0.15, 0.2) is 0 Å². The van der Waals surface area contributed by atoms with Gasteiger partial charge in [0.2, 0.25) is 0 Å². The third-order valence-corrected chi connectivity index (χ3v) is 13.0. The van der Waals surface area contributed by atoms with Crippen LogP contribution in [0.15, 0.2) is 188 Å². The standard InChI is InChI=1S/C53H37NS/c1-53(2)47-24-12-10-21-42(47)43-29-27-36(32-48(43)53)54(37-28-30-45-44-22-11-13-26-50(44)55-51(45)33-37)49-25-14-23-39(34-15-4-3-5-16-34)52(49)46-31-35-17-6-7-18-38(35)40-19-8-9-20-41(40)46/h3-33H,1-2H3. The second-order valence-corrected chi connectivity index (χ2v) is 16.4. The molecular formula is C53H37NS. The molecule has 10 aromatic rings. The van der Waals surface area contributed by atoms with Crippen LogP contribution in [-0.4, -0.2) is 0 Å². The molecule has 1 nitrogen and oxygen atoms in total. The van der Waals surface area contributed by atoms with Crippen LogP contribution in [0, 0.1) is 0 Å². The van der Waals surface area contributed by atoms with E-state index in [0.717, 1.165) is 17.1 Å². The summed E-state index contributed by atoms with van der Waals surface area (Å²) < 4.78 is 2.60. The summed E-state index contributed by atoms with van der Waals surface area (Å²) in [5.74, 6) is 0.